The van der Waals surface area contributed by atoms with Crippen molar-refractivity contribution in [2.75, 3.05) is 26.2 Å². The quantitative estimate of drug-likeness (QED) is 0.344. The Bertz CT molecular complexity index is 1460. The van der Waals surface area contributed by atoms with E-state index in [0.717, 1.165) is 23.1 Å². The normalized spacial score (nSPS) is 18.3. The third kappa shape index (κ3) is 7.05. The molecule has 2 bridgehead atoms. The Kier molecular flexibility index (Phi) is 9.20. The van der Waals surface area contributed by atoms with Gasteiger partial charge in [0, 0.05) is 50.7 Å². The second kappa shape index (κ2) is 13.0. The van der Waals surface area contributed by atoms with Crippen LogP contribution in [-0.4, -0.2) is 55.0 Å². The molecule has 2 heterocycles. The van der Waals surface area contributed by atoms with Gasteiger partial charge in [0.15, 0.2) is 0 Å². The van der Waals surface area contributed by atoms with Crippen LogP contribution in [0.1, 0.15) is 35.6 Å². The van der Waals surface area contributed by atoms with Crippen LogP contribution >= 0.6 is 15.9 Å². The van der Waals surface area contributed by atoms with E-state index in [1.807, 2.05) is 17.0 Å². The lowest BCUT2D eigenvalue weighted by Crippen LogP contribution is -2.61. The van der Waals surface area contributed by atoms with Crippen molar-refractivity contribution in [3.05, 3.63) is 105 Å². The van der Waals surface area contributed by atoms with Crippen molar-refractivity contribution in [2.24, 2.45) is 0 Å². The number of hydrogen-bond acceptors (Lipinski definition) is 4. The molecule has 5 rings (SSSR count). The molecule has 1 fully saturated rings. The Morgan fingerprint density at radius 3 is 2.61 bits per heavy atom. The van der Waals surface area contributed by atoms with Gasteiger partial charge in [0.25, 0.3) is 0 Å². The first-order valence-electron chi connectivity index (χ1n) is 14.0. The number of fused-ring (bicyclic) bond motifs is 2. The highest BCUT2D eigenvalue weighted by Crippen LogP contribution is 2.33. The molecule has 0 saturated carbocycles. The van der Waals surface area contributed by atoms with E-state index < -0.39 is 0 Å². The zero-order chi connectivity index (χ0) is 28.9. The van der Waals surface area contributed by atoms with Gasteiger partial charge in [-0.2, -0.15) is 0 Å². The number of nitrogens with zero attached hydrogens (tertiary/aromatic N) is 1. The van der Waals surface area contributed by atoms with Crippen LogP contribution in [0.5, 0.6) is 5.75 Å². The summed E-state index contributed by atoms with van der Waals surface area (Å²) in [5.74, 6) is 0.0777. The fourth-order valence-electron chi connectivity index (χ4n) is 5.68. The van der Waals surface area contributed by atoms with E-state index in [1.54, 1.807) is 13.0 Å². The molecule has 3 aromatic carbocycles. The van der Waals surface area contributed by atoms with Crippen molar-refractivity contribution < 1.29 is 18.7 Å². The summed E-state index contributed by atoms with van der Waals surface area (Å²) >= 11 is 3.39. The molecule has 2 unspecified atom stereocenters. The standard InChI is InChI=1S/C33H35BrFN3O3/c1-21-5-3-4-6-24(21)13-15-36-33(40)32-28(18-27-19-38(22(2)39)20-30(32)37-27)25-9-7-23(8-10-25)14-16-41-31-17-26(35)11-12-29(31)34/h3-12,17,27,30,37H,13-16,18-20H2,1-2H3,(H,36,40). The van der Waals surface area contributed by atoms with Crippen LogP contribution in [0.15, 0.2) is 76.8 Å². The molecular formula is C33H35BrFN3O3. The minimum Gasteiger partial charge on any atom is -0.492 e. The zero-order valence-electron chi connectivity index (χ0n) is 23.4. The first-order chi connectivity index (χ1) is 19.8. The maximum atomic E-state index is 13.7. The molecule has 0 aromatic heterocycles. The fraction of sp³-hybridized carbons (Fsp3) is 0.333. The fourth-order valence-corrected chi connectivity index (χ4v) is 6.04. The number of halogens is 2. The molecule has 8 heteroatoms. The number of nitrogens with one attached hydrogen (secondary N) is 2. The molecule has 0 radical (unpaired) electrons. The Balaban J connectivity index is 1.32. The highest BCUT2D eigenvalue weighted by atomic mass is 79.9. The smallest absolute Gasteiger partial charge is 0.249 e. The molecule has 2 atom stereocenters. The largest absolute Gasteiger partial charge is 0.492 e. The van der Waals surface area contributed by atoms with Crippen molar-refractivity contribution in [1.29, 1.82) is 0 Å². The minimum absolute atomic E-state index is 0.0288. The lowest BCUT2D eigenvalue weighted by Gasteiger charge is -2.44. The van der Waals surface area contributed by atoms with E-state index in [2.05, 4.69) is 69.9 Å². The summed E-state index contributed by atoms with van der Waals surface area (Å²) in [6.07, 6.45) is 2.08. The van der Waals surface area contributed by atoms with E-state index in [9.17, 15) is 14.0 Å². The van der Waals surface area contributed by atoms with Gasteiger partial charge in [0.1, 0.15) is 11.6 Å². The first kappa shape index (κ1) is 29.0. The highest BCUT2D eigenvalue weighted by molar-refractivity contribution is 9.10. The van der Waals surface area contributed by atoms with Gasteiger partial charge < -0.3 is 20.3 Å². The zero-order valence-corrected chi connectivity index (χ0v) is 25.0. The summed E-state index contributed by atoms with van der Waals surface area (Å²) in [7, 11) is 0. The van der Waals surface area contributed by atoms with E-state index >= 15 is 0 Å². The van der Waals surface area contributed by atoms with Gasteiger partial charge >= 0.3 is 0 Å². The van der Waals surface area contributed by atoms with Crippen LogP contribution in [0.2, 0.25) is 0 Å². The van der Waals surface area contributed by atoms with Crippen LogP contribution in [0.3, 0.4) is 0 Å². The maximum absolute atomic E-state index is 13.7. The number of piperazine rings is 1. The summed E-state index contributed by atoms with van der Waals surface area (Å²) in [5, 5.41) is 6.74. The minimum atomic E-state index is -0.339. The molecule has 214 valence electrons. The van der Waals surface area contributed by atoms with Gasteiger partial charge in [-0.15, -0.1) is 0 Å². The van der Waals surface area contributed by atoms with Crippen LogP contribution < -0.4 is 15.4 Å². The maximum Gasteiger partial charge on any atom is 0.249 e. The number of aryl methyl sites for hydroxylation is 1. The number of carbonyl (C=O) groups excluding carboxylic acids is 2. The van der Waals surface area contributed by atoms with Crippen LogP contribution in [0.4, 0.5) is 4.39 Å². The summed E-state index contributed by atoms with van der Waals surface area (Å²) in [4.78, 5) is 27.7. The monoisotopic (exact) mass is 619 g/mol. The number of amides is 2. The van der Waals surface area contributed by atoms with Crippen LogP contribution in [0.25, 0.3) is 5.57 Å². The number of benzene rings is 3. The molecule has 0 aliphatic carbocycles. The van der Waals surface area contributed by atoms with Crippen molar-refractivity contribution in [3.63, 3.8) is 0 Å². The van der Waals surface area contributed by atoms with Gasteiger partial charge in [0.2, 0.25) is 11.8 Å². The number of carbonyl (C=O) groups is 2. The van der Waals surface area contributed by atoms with Crippen molar-refractivity contribution in [2.45, 2.75) is 45.2 Å². The van der Waals surface area contributed by atoms with Crippen molar-refractivity contribution >= 4 is 33.3 Å². The Labute approximate surface area is 249 Å². The SMILES string of the molecule is CC(=O)N1CC2CC(c3ccc(CCOc4cc(F)ccc4Br)cc3)=C(C(=O)NCCc3ccccc3C)C(C1)N2. The second-order valence-corrected chi connectivity index (χ2v) is 11.6. The molecular weight excluding hydrogens is 585 g/mol. The molecule has 2 N–H and O–H groups in total. The van der Waals surface area contributed by atoms with Gasteiger partial charge in [-0.05, 0) is 75.7 Å². The van der Waals surface area contributed by atoms with Gasteiger partial charge in [0.05, 0.1) is 17.1 Å². The average Bonchev–Trinajstić information content (AvgIpc) is 2.95. The third-order valence-corrected chi connectivity index (χ3v) is 8.53. The predicted molar refractivity (Wildman–Crippen MR) is 162 cm³/mol. The summed E-state index contributed by atoms with van der Waals surface area (Å²) < 4.78 is 20.1. The second-order valence-electron chi connectivity index (χ2n) is 10.7. The van der Waals surface area contributed by atoms with E-state index in [0.29, 0.717) is 54.9 Å². The molecule has 1 saturated heterocycles. The molecule has 0 spiro atoms. The first-order valence-corrected chi connectivity index (χ1v) is 14.8. The van der Waals surface area contributed by atoms with Crippen LogP contribution in [-0.2, 0) is 22.4 Å². The van der Waals surface area contributed by atoms with Gasteiger partial charge in [-0.3, -0.25) is 9.59 Å². The number of hydrogen-bond donors (Lipinski definition) is 2. The summed E-state index contributed by atoms with van der Waals surface area (Å²) in [6, 6.07) is 20.7. The number of rotatable bonds is 9. The molecule has 2 aliphatic rings. The number of ether oxygens (including phenoxy) is 1. The molecule has 2 amide bonds. The molecule has 2 aliphatic heterocycles. The van der Waals surface area contributed by atoms with E-state index in [1.165, 1.54) is 23.3 Å². The Hall–Kier alpha value is -3.49. The topological polar surface area (TPSA) is 70.7 Å². The highest BCUT2D eigenvalue weighted by Gasteiger charge is 2.38. The van der Waals surface area contributed by atoms with Crippen molar-refractivity contribution in [3.8, 4) is 5.75 Å². The molecule has 6 nitrogen and oxygen atoms in total. The summed E-state index contributed by atoms with van der Waals surface area (Å²) in [5.41, 5.74) is 6.27. The van der Waals surface area contributed by atoms with Crippen LogP contribution in [0, 0.1) is 12.7 Å². The lowest BCUT2D eigenvalue weighted by atomic mass is 9.83. The van der Waals surface area contributed by atoms with Gasteiger partial charge in [-0.25, -0.2) is 4.39 Å². The van der Waals surface area contributed by atoms with E-state index in [4.69, 9.17) is 4.74 Å². The molecule has 3 aromatic rings. The predicted octanol–water partition coefficient (Wildman–Crippen LogP) is 5.22. The van der Waals surface area contributed by atoms with Crippen molar-refractivity contribution in [1.82, 2.24) is 15.5 Å². The lowest BCUT2D eigenvalue weighted by molar-refractivity contribution is -0.131. The Morgan fingerprint density at radius 1 is 1.07 bits per heavy atom. The average molecular weight is 621 g/mol. The van der Waals surface area contributed by atoms with Gasteiger partial charge in [-0.1, -0.05) is 48.5 Å². The third-order valence-electron chi connectivity index (χ3n) is 7.88. The summed E-state index contributed by atoms with van der Waals surface area (Å²) in [6.45, 7) is 5.71. The Morgan fingerprint density at radius 2 is 1.85 bits per heavy atom. The van der Waals surface area contributed by atoms with E-state index in [-0.39, 0.29) is 29.7 Å². The molecule has 41 heavy (non-hydrogen) atoms.